The highest BCUT2D eigenvalue weighted by atomic mass is 16.5. The first kappa shape index (κ1) is 15.8. The van der Waals surface area contributed by atoms with Crippen LogP contribution in [0.15, 0.2) is 48.5 Å². The third-order valence-electron chi connectivity index (χ3n) is 4.43. The summed E-state index contributed by atoms with van der Waals surface area (Å²) in [7, 11) is 3.37. The molecule has 4 nitrogen and oxygen atoms in total. The van der Waals surface area contributed by atoms with Crippen LogP contribution in [0, 0.1) is 0 Å². The topological polar surface area (TPSA) is 41.9 Å². The molecule has 1 fully saturated rings. The molecule has 1 N–H and O–H groups in total. The molecule has 0 radical (unpaired) electrons. The van der Waals surface area contributed by atoms with Gasteiger partial charge in [-0.3, -0.25) is 4.90 Å². The summed E-state index contributed by atoms with van der Waals surface area (Å²) in [6.45, 7) is 1.42. The lowest BCUT2D eigenvalue weighted by atomic mass is 10.0. The van der Waals surface area contributed by atoms with Gasteiger partial charge in [-0.25, -0.2) is 0 Å². The highest BCUT2D eigenvalue weighted by Gasteiger charge is 2.32. The second kappa shape index (κ2) is 7.02. The van der Waals surface area contributed by atoms with E-state index in [0.29, 0.717) is 6.54 Å². The van der Waals surface area contributed by atoms with Gasteiger partial charge in [-0.2, -0.15) is 0 Å². The maximum atomic E-state index is 10.2. The number of aliphatic hydroxyl groups excluding tert-OH is 1. The summed E-state index contributed by atoms with van der Waals surface area (Å²) in [6.07, 6.45) is 0.434. The molecule has 1 aliphatic rings. The molecular formula is C19H23NO3. The molecule has 0 saturated carbocycles. The Bertz CT molecular complexity index is 659. The molecule has 122 valence electrons. The fraction of sp³-hybridized carbons (Fsp3) is 0.368. The maximum absolute atomic E-state index is 10.2. The molecule has 1 saturated heterocycles. The zero-order valence-electron chi connectivity index (χ0n) is 13.6. The van der Waals surface area contributed by atoms with Crippen molar-refractivity contribution in [2.45, 2.75) is 25.1 Å². The van der Waals surface area contributed by atoms with Gasteiger partial charge in [0, 0.05) is 24.7 Å². The second-order valence-corrected chi connectivity index (χ2v) is 5.92. The Kier molecular flexibility index (Phi) is 4.84. The number of methoxy groups -OCH3 is 2. The van der Waals surface area contributed by atoms with E-state index in [0.717, 1.165) is 30.0 Å². The summed E-state index contributed by atoms with van der Waals surface area (Å²) >= 11 is 0. The summed E-state index contributed by atoms with van der Waals surface area (Å²) in [5.41, 5.74) is 2.31. The Morgan fingerprint density at radius 2 is 1.91 bits per heavy atom. The number of para-hydroxylation sites is 1. The largest absolute Gasteiger partial charge is 0.497 e. The summed E-state index contributed by atoms with van der Waals surface area (Å²) in [4.78, 5) is 2.30. The molecular weight excluding hydrogens is 290 g/mol. The molecule has 0 bridgehead atoms. The third-order valence-corrected chi connectivity index (χ3v) is 4.43. The van der Waals surface area contributed by atoms with E-state index in [-0.39, 0.29) is 12.1 Å². The van der Waals surface area contributed by atoms with Crippen molar-refractivity contribution in [3.8, 4) is 11.5 Å². The summed E-state index contributed by atoms with van der Waals surface area (Å²) in [5, 5.41) is 10.2. The van der Waals surface area contributed by atoms with Crippen LogP contribution < -0.4 is 9.47 Å². The second-order valence-electron chi connectivity index (χ2n) is 5.92. The van der Waals surface area contributed by atoms with Gasteiger partial charge in [0.1, 0.15) is 11.5 Å². The van der Waals surface area contributed by atoms with Crippen LogP contribution in [0.4, 0.5) is 0 Å². The van der Waals surface area contributed by atoms with E-state index in [9.17, 15) is 5.11 Å². The fourth-order valence-electron chi connectivity index (χ4n) is 3.30. The quantitative estimate of drug-likeness (QED) is 0.921. The molecule has 0 spiro atoms. The fourth-order valence-corrected chi connectivity index (χ4v) is 3.30. The van der Waals surface area contributed by atoms with Gasteiger partial charge in [-0.1, -0.05) is 30.3 Å². The van der Waals surface area contributed by atoms with Gasteiger partial charge in [0.25, 0.3) is 0 Å². The van der Waals surface area contributed by atoms with Crippen molar-refractivity contribution in [3.05, 3.63) is 59.7 Å². The van der Waals surface area contributed by atoms with Crippen molar-refractivity contribution in [1.29, 1.82) is 0 Å². The van der Waals surface area contributed by atoms with Crippen LogP contribution in [-0.4, -0.2) is 36.9 Å². The molecule has 0 amide bonds. The normalized spacial score (nSPS) is 21.3. The maximum Gasteiger partial charge on any atom is 0.123 e. The predicted octanol–water partition coefficient (Wildman–Crippen LogP) is 3.01. The molecule has 0 aliphatic carbocycles. The van der Waals surface area contributed by atoms with E-state index in [1.165, 1.54) is 5.56 Å². The monoisotopic (exact) mass is 313 g/mol. The molecule has 2 aromatic rings. The van der Waals surface area contributed by atoms with Crippen molar-refractivity contribution >= 4 is 0 Å². The van der Waals surface area contributed by atoms with Crippen LogP contribution in [0.3, 0.4) is 0 Å². The molecule has 23 heavy (non-hydrogen) atoms. The van der Waals surface area contributed by atoms with Gasteiger partial charge in [-0.15, -0.1) is 0 Å². The van der Waals surface area contributed by atoms with Gasteiger partial charge in [-0.05, 0) is 30.2 Å². The average Bonchev–Trinajstić information content (AvgIpc) is 2.96. The Morgan fingerprint density at radius 3 is 2.70 bits per heavy atom. The van der Waals surface area contributed by atoms with Gasteiger partial charge in [0.2, 0.25) is 0 Å². The highest BCUT2D eigenvalue weighted by molar-refractivity contribution is 5.35. The first-order chi connectivity index (χ1) is 11.2. The Morgan fingerprint density at radius 1 is 1.09 bits per heavy atom. The van der Waals surface area contributed by atoms with E-state index < -0.39 is 0 Å². The van der Waals surface area contributed by atoms with Crippen LogP contribution in [0.5, 0.6) is 11.5 Å². The molecule has 4 heteroatoms. The van der Waals surface area contributed by atoms with Gasteiger partial charge in [0.05, 0.1) is 20.3 Å². The van der Waals surface area contributed by atoms with Crippen LogP contribution >= 0.6 is 0 Å². The van der Waals surface area contributed by atoms with Crippen LogP contribution in [-0.2, 0) is 6.54 Å². The zero-order chi connectivity index (χ0) is 16.2. The lowest BCUT2D eigenvalue weighted by Gasteiger charge is -2.25. The van der Waals surface area contributed by atoms with Crippen molar-refractivity contribution in [1.82, 2.24) is 4.90 Å². The molecule has 3 rings (SSSR count). The van der Waals surface area contributed by atoms with Gasteiger partial charge in [0.15, 0.2) is 0 Å². The van der Waals surface area contributed by atoms with Crippen LogP contribution in [0.2, 0.25) is 0 Å². The lowest BCUT2D eigenvalue weighted by molar-refractivity contribution is 0.172. The van der Waals surface area contributed by atoms with Crippen molar-refractivity contribution < 1.29 is 14.6 Å². The molecule has 0 aromatic heterocycles. The minimum Gasteiger partial charge on any atom is -0.497 e. The van der Waals surface area contributed by atoms with Crippen LogP contribution in [0.25, 0.3) is 0 Å². The summed E-state index contributed by atoms with van der Waals surface area (Å²) in [6, 6.07) is 16.3. The van der Waals surface area contributed by atoms with Gasteiger partial charge >= 0.3 is 0 Å². The molecule has 2 aromatic carbocycles. The van der Waals surface area contributed by atoms with E-state index in [1.54, 1.807) is 14.2 Å². The zero-order valence-corrected chi connectivity index (χ0v) is 13.6. The van der Waals surface area contributed by atoms with Crippen molar-refractivity contribution in [3.63, 3.8) is 0 Å². The number of rotatable bonds is 5. The smallest absolute Gasteiger partial charge is 0.123 e. The summed E-state index contributed by atoms with van der Waals surface area (Å²) in [5.74, 6) is 1.74. The Labute approximate surface area is 137 Å². The molecule has 2 unspecified atom stereocenters. The molecule has 2 atom stereocenters. The first-order valence-corrected chi connectivity index (χ1v) is 7.89. The number of aliphatic hydroxyl groups is 1. The van der Waals surface area contributed by atoms with Crippen molar-refractivity contribution in [2.75, 3.05) is 20.8 Å². The predicted molar refractivity (Wildman–Crippen MR) is 89.8 cm³/mol. The minimum absolute atomic E-state index is 0.185. The van der Waals surface area contributed by atoms with Crippen LogP contribution in [0.1, 0.15) is 23.6 Å². The van der Waals surface area contributed by atoms with E-state index in [1.807, 2.05) is 30.3 Å². The number of hydrogen-bond donors (Lipinski definition) is 1. The number of benzene rings is 2. The molecule has 1 heterocycles. The van der Waals surface area contributed by atoms with E-state index in [2.05, 4.69) is 23.1 Å². The standard InChI is InChI=1S/C19H23NO3/c1-22-17-8-5-7-14(10-17)18-11-16(21)13-20(18)12-15-6-3-4-9-19(15)23-2/h3-10,16,18,21H,11-13H2,1-2H3. The summed E-state index contributed by atoms with van der Waals surface area (Å²) < 4.78 is 10.8. The lowest BCUT2D eigenvalue weighted by Crippen LogP contribution is -2.24. The Hall–Kier alpha value is -2.04. The number of β-amino-alcohol motifs (C(OH)–C–C–N with tert-alkyl or cyclic N) is 1. The highest BCUT2D eigenvalue weighted by Crippen LogP contribution is 2.35. The number of ether oxygens (including phenoxy) is 2. The average molecular weight is 313 g/mol. The molecule has 1 aliphatic heterocycles. The van der Waals surface area contributed by atoms with E-state index in [4.69, 9.17) is 9.47 Å². The number of nitrogens with zero attached hydrogens (tertiary/aromatic N) is 1. The number of hydrogen-bond acceptors (Lipinski definition) is 4. The Balaban J connectivity index is 1.84. The third kappa shape index (κ3) is 3.49. The SMILES string of the molecule is COc1cccc(C2CC(O)CN2Cc2ccccc2OC)c1. The number of likely N-dealkylation sites (tertiary alicyclic amines) is 1. The van der Waals surface area contributed by atoms with Gasteiger partial charge < -0.3 is 14.6 Å². The first-order valence-electron chi connectivity index (χ1n) is 7.89. The van der Waals surface area contributed by atoms with E-state index >= 15 is 0 Å². The van der Waals surface area contributed by atoms with Crippen molar-refractivity contribution in [2.24, 2.45) is 0 Å². The minimum atomic E-state index is -0.305.